The Morgan fingerprint density at radius 2 is 2.19 bits per heavy atom. The summed E-state index contributed by atoms with van der Waals surface area (Å²) in [5.74, 6) is 0.414. The van der Waals surface area contributed by atoms with Crippen molar-refractivity contribution in [2.24, 2.45) is 5.92 Å². The highest BCUT2D eigenvalue weighted by molar-refractivity contribution is 6.29. The first-order chi connectivity index (χ1) is 7.75. The van der Waals surface area contributed by atoms with E-state index in [9.17, 15) is 4.79 Å². The van der Waals surface area contributed by atoms with Crippen molar-refractivity contribution in [1.29, 1.82) is 0 Å². The number of nitrogens with one attached hydrogen (secondary N) is 1. The fourth-order valence-electron chi connectivity index (χ4n) is 1.59. The van der Waals surface area contributed by atoms with Gasteiger partial charge in [0.05, 0.1) is 0 Å². The lowest BCUT2D eigenvalue weighted by molar-refractivity contribution is -0.122. The molecule has 1 N–H and O–H groups in total. The van der Waals surface area contributed by atoms with Crippen LogP contribution >= 0.6 is 11.6 Å². The molecule has 0 atom stereocenters. The van der Waals surface area contributed by atoms with E-state index < -0.39 is 0 Å². The molecule has 1 aliphatic heterocycles. The molecule has 1 aliphatic rings. The molecule has 1 fully saturated rings. The SMILES string of the molecule is O=C(Nc1cc(Cl)ncn1)C1CCOCC1. The molecular weight excluding hydrogens is 230 g/mol. The van der Waals surface area contributed by atoms with E-state index in [2.05, 4.69) is 15.3 Å². The Hall–Kier alpha value is -1.20. The normalized spacial score (nSPS) is 17.1. The van der Waals surface area contributed by atoms with Gasteiger partial charge in [0.1, 0.15) is 17.3 Å². The number of nitrogens with zero attached hydrogens (tertiary/aromatic N) is 2. The van der Waals surface area contributed by atoms with E-state index in [1.165, 1.54) is 12.4 Å². The summed E-state index contributed by atoms with van der Waals surface area (Å²) in [6.07, 6.45) is 2.83. The smallest absolute Gasteiger partial charge is 0.228 e. The Kier molecular flexibility index (Phi) is 3.69. The van der Waals surface area contributed by atoms with Gasteiger partial charge in [-0.25, -0.2) is 9.97 Å². The summed E-state index contributed by atoms with van der Waals surface area (Å²) in [5, 5.41) is 3.04. The van der Waals surface area contributed by atoms with Crippen molar-refractivity contribution < 1.29 is 9.53 Å². The second-order valence-corrected chi connectivity index (χ2v) is 3.99. The van der Waals surface area contributed by atoms with Crippen molar-refractivity contribution in [3.63, 3.8) is 0 Å². The highest BCUT2D eigenvalue weighted by Crippen LogP contribution is 2.17. The average Bonchev–Trinajstić information content (AvgIpc) is 2.30. The molecule has 0 bridgehead atoms. The first-order valence-electron chi connectivity index (χ1n) is 5.12. The van der Waals surface area contributed by atoms with Crippen molar-refractivity contribution in [3.8, 4) is 0 Å². The second kappa shape index (κ2) is 5.23. The molecular formula is C10H12ClN3O2. The van der Waals surface area contributed by atoms with Gasteiger partial charge in [-0.1, -0.05) is 11.6 Å². The molecule has 0 aliphatic carbocycles. The third-order valence-electron chi connectivity index (χ3n) is 2.48. The number of rotatable bonds is 2. The van der Waals surface area contributed by atoms with E-state index in [4.69, 9.17) is 16.3 Å². The number of carbonyl (C=O) groups is 1. The number of halogens is 1. The fourth-order valence-corrected chi connectivity index (χ4v) is 1.74. The van der Waals surface area contributed by atoms with Crippen LogP contribution in [-0.2, 0) is 9.53 Å². The molecule has 16 heavy (non-hydrogen) atoms. The summed E-state index contributed by atoms with van der Waals surface area (Å²) in [5.41, 5.74) is 0. The maximum Gasteiger partial charge on any atom is 0.228 e. The summed E-state index contributed by atoms with van der Waals surface area (Å²) in [7, 11) is 0. The Bertz CT molecular complexity index is 380. The quantitative estimate of drug-likeness (QED) is 0.797. The van der Waals surface area contributed by atoms with Gasteiger partial charge in [0.2, 0.25) is 5.91 Å². The minimum absolute atomic E-state index is 0.00231. The van der Waals surface area contributed by atoms with E-state index in [0.29, 0.717) is 24.2 Å². The van der Waals surface area contributed by atoms with E-state index in [1.807, 2.05) is 0 Å². The molecule has 1 aromatic rings. The van der Waals surface area contributed by atoms with Gasteiger partial charge < -0.3 is 10.1 Å². The minimum Gasteiger partial charge on any atom is -0.381 e. The highest BCUT2D eigenvalue weighted by atomic mass is 35.5. The third kappa shape index (κ3) is 2.90. The predicted molar refractivity (Wildman–Crippen MR) is 59.2 cm³/mol. The van der Waals surface area contributed by atoms with Crippen LogP contribution in [0.3, 0.4) is 0 Å². The van der Waals surface area contributed by atoms with Crippen LogP contribution in [0.15, 0.2) is 12.4 Å². The molecule has 0 aromatic carbocycles. The number of hydrogen-bond donors (Lipinski definition) is 1. The van der Waals surface area contributed by atoms with E-state index in [1.54, 1.807) is 0 Å². The van der Waals surface area contributed by atoms with Crippen molar-refractivity contribution in [1.82, 2.24) is 9.97 Å². The molecule has 2 rings (SSSR count). The Morgan fingerprint density at radius 1 is 1.44 bits per heavy atom. The first kappa shape index (κ1) is 11.3. The monoisotopic (exact) mass is 241 g/mol. The van der Waals surface area contributed by atoms with Crippen LogP contribution in [0.4, 0.5) is 5.82 Å². The third-order valence-corrected chi connectivity index (χ3v) is 2.68. The van der Waals surface area contributed by atoms with Crippen molar-refractivity contribution >= 4 is 23.3 Å². The molecule has 86 valence electrons. The van der Waals surface area contributed by atoms with Gasteiger partial charge in [0, 0.05) is 25.2 Å². The standard InChI is InChI=1S/C10H12ClN3O2/c11-8-5-9(13-6-12-8)14-10(15)7-1-3-16-4-2-7/h5-7H,1-4H2,(H,12,13,14,15). The number of ether oxygens (including phenoxy) is 1. The summed E-state index contributed by atoms with van der Waals surface area (Å²) >= 11 is 5.69. The lowest BCUT2D eigenvalue weighted by Crippen LogP contribution is -2.28. The van der Waals surface area contributed by atoms with E-state index in [0.717, 1.165) is 12.8 Å². The molecule has 1 amide bonds. The molecule has 5 nitrogen and oxygen atoms in total. The van der Waals surface area contributed by atoms with Crippen LogP contribution in [0, 0.1) is 5.92 Å². The molecule has 0 radical (unpaired) electrons. The Labute approximate surface area is 98.2 Å². The molecule has 0 unspecified atom stereocenters. The lowest BCUT2D eigenvalue weighted by Gasteiger charge is -2.20. The topological polar surface area (TPSA) is 64.1 Å². The van der Waals surface area contributed by atoms with E-state index in [-0.39, 0.29) is 11.8 Å². The van der Waals surface area contributed by atoms with Gasteiger partial charge in [0.25, 0.3) is 0 Å². The zero-order valence-electron chi connectivity index (χ0n) is 8.65. The van der Waals surface area contributed by atoms with Gasteiger partial charge in [-0.2, -0.15) is 0 Å². The molecule has 1 saturated heterocycles. The zero-order chi connectivity index (χ0) is 11.4. The molecule has 2 heterocycles. The highest BCUT2D eigenvalue weighted by Gasteiger charge is 2.21. The molecule has 0 saturated carbocycles. The zero-order valence-corrected chi connectivity index (χ0v) is 9.41. The van der Waals surface area contributed by atoms with Crippen molar-refractivity contribution in [2.75, 3.05) is 18.5 Å². The van der Waals surface area contributed by atoms with Crippen LogP contribution in [0.5, 0.6) is 0 Å². The number of carbonyl (C=O) groups excluding carboxylic acids is 1. The van der Waals surface area contributed by atoms with Crippen LogP contribution in [0.2, 0.25) is 5.15 Å². The number of aromatic nitrogens is 2. The first-order valence-corrected chi connectivity index (χ1v) is 5.49. The van der Waals surface area contributed by atoms with E-state index >= 15 is 0 Å². The largest absolute Gasteiger partial charge is 0.381 e. The van der Waals surface area contributed by atoms with Gasteiger partial charge >= 0.3 is 0 Å². The summed E-state index contributed by atoms with van der Waals surface area (Å²) in [4.78, 5) is 19.5. The summed E-state index contributed by atoms with van der Waals surface area (Å²) < 4.78 is 5.19. The Morgan fingerprint density at radius 3 is 2.88 bits per heavy atom. The van der Waals surface area contributed by atoms with Crippen LogP contribution in [0.1, 0.15) is 12.8 Å². The fraction of sp³-hybridized carbons (Fsp3) is 0.500. The predicted octanol–water partition coefficient (Wildman–Crippen LogP) is 1.50. The lowest BCUT2D eigenvalue weighted by atomic mass is 9.99. The average molecular weight is 242 g/mol. The Balaban J connectivity index is 1.96. The summed E-state index contributed by atoms with van der Waals surface area (Å²) in [6.45, 7) is 1.28. The summed E-state index contributed by atoms with van der Waals surface area (Å²) in [6, 6.07) is 1.53. The van der Waals surface area contributed by atoms with Crippen LogP contribution in [-0.4, -0.2) is 29.1 Å². The molecule has 6 heteroatoms. The van der Waals surface area contributed by atoms with Crippen LogP contribution < -0.4 is 5.32 Å². The maximum atomic E-state index is 11.8. The number of amides is 1. The van der Waals surface area contributed by atoms with Gasteiger partial charge in [-0.05, 0) is 12.8 Å². The molecule has 0 spiro atoms. The van der Waals surface area contributed by atoms with Gasteiger partial charge in [0.15, 0.2) is 0 Å². The molecule has 1 aromatic heterocycles. The minimum atomic E-state index is -0.0296. The van der Waals surface area contributed by atoms with Gasteiger partial charge in [-0.15, -0.1) is 0 Å². The van der Waals surface area contributed by atoms with Crippen LogP contribution in [0.25, 0.3) is 0 Å². The second-order valence-electron chi connectivity index (χ2n) is 3.60. The van der Waals surface area contributed by atoms with Crippen molar-refractivity contribution in [2.45, 2.75) is 12.8 Å². The maximum absolute atomic E-state index is 11.8. The number of hydrogen-bond acceptors (Lipinski definition) is 4. The number of anilines is 1. The van der Waals surface area contributed by atoms with Gasteiger partial charge in [-0.3, -0.25) is 4.79 Å². The van der Waals surface area contributed by atoms with Crippen molar-refractivity contribution in [3.05, 3.63) is 17.5 Å².